The molecule has 0 atom stereocenters. The average Bonchev–Trinajstić information content (AvgIpc) is 2.49. The molecule has 1 aromatic carbocycles. The van der Waals surface area contributed by atoms with Crippen LogP contribution in [0.1, 0.15) is 22.3 Å². The topological polar surface area (TPSA) is 66.8 Å². The van der Waals surface area contributed by atoms with Crippen LogP contribution < -0.4 is 4.74 Å². The number of aryl methyl sites for hydroxylation is 1. The second-order valence-corrected chi connectivity index (χ2v) is 5.54. The molecule has 0 radical (unpaired) electrons. The fourth-order valence-electron chi connectivity index (χ4n) is 2.19. The third-order valence-electron chi connectivity index (χ3n) is 3.40. The molecule has 1 heterocycles. The third-order valence-corrected chi connectivity index (χ3v) is 3.86. The Bertz CT molecular complexity index is 480. The van der Waals surface area contributed by atoms with Crippen LogP contribution in [0.2, 0.25) is 0 Å². The van der Waals surface area contributed by atoms with Crippen molar-refractivity contribution in [3.63, 3.8) is 0 Å². The number of carbonyl (C=O) groups excluding carboxylic acids is 1. The van der Waals surface area contributed by atoms with E-state index in [9.17, 15) is 15.0 Å². The largest absolute Gasteiger partial charge is 0.493 e. The molecule has 0 unspecified atom stereocenters. The monoisotopic (exact) mass is 314 g/mol. The second kappa shape index (κ2) is 4.99. The van der Waals surface area contributed by atoms with Crippen molar-refractivity contribution in [3.8, 4) is 5.75 Å². The number of hydrogen-bond acceptors (Lipinski definition) is 4. The Morgan fingerprint density at radius 2 is 2.06 bits per heavy atom. The Kier molecular flexibility index (Phi) is 3.75. The van der Waals surface area contributed by atoms with E-state index in [1.54, 1.807) is 6.07 Å². The van der Waals surface area contributed by atoms with Gasteiger partial charge in [-0.15, -0.1) is 0 Å². The average molecular weight is 315 g/mol. The summed E-state index contributed by atoms with van der Waals surface area (Å²) in [4.78, 5) is 12.5. The molecule has 1 aromatic rings. The number of rotatable bonds is 2. The summed E-state index contributed by atoms with van der Waals surface area (Å²) in [6.45, 7) is 1.41. The van der Waals surface area contributed by atoms with Crippen molar-refractivity contribution in [3.05, 3.63) is 27.7 Å². The lowest BCUT2D eigenvalue weighted by molar-refractivity contribution is 0.0345. The summed E-state index contributed by atoms with van der Waals surface area (Å²) in [5, 5.41) is 18.9. The van der Waals surface area contributed by atoms with E-state index in [4.69, 9.17) is 4.74 Å². The van der Waals surface area contributed by atoms with Gasteiger partial charge < -0.3 is 14.9 Å². The van der Waals surface area contributed by atoms with Crippen LogP contribution in [0.3, 0.4) is 0 Å². The Balaban J connectivity index is 2.59. The Labute approximate surface area is 114 Å². The molecule has 0 spiro atoms. The molecule has 18 heavy (non-hydrogen) atoms. The molecular weight excluding hydrogens is 300 g/mol. The van der Waals surface area contributed by atoms with Gasteiger partial charge in [0.2, 0.25) is 0 Å². The predicted octanol–water partition coefficient (Wildman–Crippen LogP) is 1.69. The highest BCUT2D eigenvalue weighted by Crippen LogP contribution is 2.37. The highest BCUT2D eigenvalue weighted by atomic mass is 79.9. The summed E-state index contributed by atoms with van der Waals surface area (Å²) >= 11 is 3.34. The van der Waals surface area contributed by atoms with E-state index in [2.05, 4.69) is 15.9 Å². The molecule has 1 aliphatic rings. The number of fused-ring (bicyclic) bond motifs is 1. The summed E-state index contributed by atoms with van der Waals surface area (Å²) in [5.74, 6) is 0.288. The van der Waals surface area contributed by atoms with Gasteiger partial charge in [-0.3, -0.25) is 4.79 Å². The number of aliphatic hydroxyl groups is 2. The van der Waals surface area contributed by atoms with Gasteiger partial charge >= 0.3 is 0 Å². The lowest BCUT2D eigenvalue weighted by Crippen LogP contribution is -2.38. The molecule has 0 saturated carbocycles. The van der Waals surface area contributed by atoms with E-state index in [1.807, 2.05) is 13.0 Å². The van der Waals surface area contributed by atoms with Gasteiger partial charge in [-0.25, -0.2) is 0 Å². The minimum atomic E-state index is -1.14. The fourth-order valence-corrected chi connectivity index (χ4v) is 2.76. The van der Waals surface area contributed by atoms with Crippen LogP contribution in [-0.4, -0.2) is 35.8 Å². The van der Waals surface area contributed by atoms with Crippen molar-refractivity contribution >= 4 is 21.7 Å². The van der Waals surface area contributed by atoms with Crippen LogP contribution >= 0.6 is 15.9 Å². The SMILES string of the molecule is Cc1cc(Br)cc2c1OCCC(CO)(CO)C2=O. The minimum absolute atomic E-state index is 0.260. The van der Waals surface area contributed by atoms with E-state index in [0.717, 1.165) is 10.0 Å². The van der Waals surface area contributed by atoms with Gasteiger partial charge in [0.1, 0.15) is 5.75 Å². The van der Waals surface area contributed by atoms with Gasteiger partial charge in [0.15, 0.2) is 5.78 Å². The molecule has 2 rings (SSSR count). The molecule has 1 aliphatic heterocycles. The first-order valence-corrected chi connectivity index (χ1v) is 6.53. The molecule has 0 aliphatic carbocycles. The van der Waals surface area contributed by atoms with Crippen molar-refractivity contribution in [2.75, 3.05) is 19.8 Å². The minimum Gasteiger partial charge on any atom is -0.493 e. The molecule has 5 heteroatoms. The van der Waals surface area contributed by atoms with Gasteiger partial charge in [-0.05, 0) is 31.0 Å². The van der Waals surface area contributed by atoms with E-state index < -0.39 is 5.41 Å². The first-order valence-electron chi connectivity index (χ1n) is 5.73. The van der Waals surface area contributed by atoms with Crippen molar-refractivity contribution < 1.29 is 19.7 Å². The normalized spacial score (nSPS) is 17.9. The van der Waals surface area contributed by atoms with Crippen LogP contribution in [0.25, 0.3) is 0 Å². The maximum Gasteiger partial charge on any atom is 0.177 e. The highest BCUT2D eigenvalue weighted by molar-refractivity contribution is 9.10. The summed E-state index contributed by atoms with van der Waals surface area (Å²) < 4.78 is 6.38. The van der Waals surface area contributed by atoms with Crippen LogP contribution in [-0.2, 0) is 0 Å². The van der Waals surface area contributed by atoms with Crippen LogP contribution in [0.5, 0.6) is 5.75 Å². The number of Topliss-reactive ketones (excluding diaryl/α,β-unsaturated/α-hetero) is 1. The Morgan fingerprint density at radius 1 is 1.39 bits per heavy atom. The van der Waals surface area contributed by atoms with E-state index >= 15 is 0 Å². The summed E-state index contributed by atoms with van der Waals surface area (Å²) in [5.41, 5.74) is 0.139. The Hall–Kier alpha value is -0.910. The number of halogens is 1. The first kappa shape index (κ1) is 13.5. The molecule has 0 saturated heterocycles. The standard InChI is InChI=1S/C13H15BrO4/c1-8-4-9(14)5-10-11(8)18-3-2-13(6-15,7-16)12(10)17/h4-5,15-16H,2-3,6-7H2,1H3. The van der Waals surface area contributed by atoms with Gasteiger partial charge in [-0.2, -0.15) is 0 Å². The third kappa shape index (κ3) is 2.06. The Morgan fingerprint density at radius 3 is 2.67 bits per heavy atom. The molecule has 0 amide bonds. The maximum atomic E-state index is 12.5. The zero-order valence-corrected chi connectivity index (χ0v) is 11.7. The van der Waals surface area contributed by atoms with Crippen LogP contribution in [0.15, 0.2) is 16.6 Å². The van der Waals surface area contributed by atoms with Crippen LogP contribution in [0.4, 0.5) is 0 Å². The number of benzene rings is 1. The first-order chi connectivity index (χ1) is 8.54. The van der Waals surface area contributed by atoms with E-state index in [1.165, 1.54) is 0 Å². The molecular formula is C13H15BrO4. The van der Waals surface area contributed by atoms with Crippen LogP contribution in [0, 0.1) is 12.3 Å². The summed E-state index contributed by atoms with van der Waals surface area (Å²) in [7, 11) is 0. The lowest BCUT2D eigenvalue weighted by Gasteiger charge is -2.25. The van der Waals surface area contributed by atoms with Gasteiger partial charge in [0, 0.05) is 4.47 Å². The van der Waals surface area contributed by atoms with Gasteiger partial charge in [0.05, 0.1) is 30.8 Å². The number of hydrogen-bond donors (Lipinski definition) is 2. The quantitative estimate of drug-likeness (QED) is 0.872. The summed E-state index contributed by atoms with van der Waals surface area (Å²) in [6, 6.07) is 3.55. The van der Waals surface area contributed by atoms with Crippen molar-refractivity contribution in [2.45, 2.75) is 13.3 Å². The van der Waals surface area contributed by atoms with Gasteiger partial charge in [-0.1, -0.05) is 15.9 Å². The smallest absolute Gasteiger partial charge is 0.177 e. The maximum absolute atomic E-state index is 12.5. The molecule has 0 fully saturated rings. The number of carbonyl (C=O) groups is 1. The van der Waals surface area contributed by atoms with Crippen molar-refractivity contribution in [2.24, 2.45) is 5.41 Å². The number of ketones is 1. The lowest BCUT2D eigenvalue weighted by atomic mass is 9.79. The highest BCUT2D eigenvalue weighted by Gasteiger charge is 2.41. The molecule has 2 N–H and O–H groups in total. The zero-order valence-electron chi connectivity index (χ0n) is 10.1. The summed E-state index contributed by atoms with van der Waals surface area (Å²) in [6.07, 6.45) is 0.310. The zero-order chi connectivity index (χ0) is 13.3. The van der Waals surface area contributed by atoms with E-state index in [0.29, 0.717) is 24.3 Å². The molecule has 98 valence electrons. The molecule has 0 bridgehead atoms. The molecule has 0 aromatic heterocycles. The van der Waals surface area contributed by atoms with Crippen molar-refractivity contribution in [1.82, 2.24) is 0 Å². The fraction of sp³-hybridized carbons (Fsp3) is 0.462. The van der Waals surface area contributed by atoms with E-state index in [-0.39, 0.29) is 19.0 Å². The number of aliphatic hydroxyl groups excluding tert-OH is 2. The second-order valence-electron chi connectivity index (χ2n) is 4.62. The predicted molar refractivity (Wildman–Crippen MR) is 69.9 cm³/mol. The molecule has 4 nitrogen and oxygen atoms in total. The number of ether oxygens (including phenoxy) is 1. The van der Waals surface area contributed by atoms with Crippen molar-refractivity contribution in [1.29, 1.82) is 0 Å². The van der Waals surface area contributed by atoms with Gasteiger partial charge in [0.25, 0.3) is 0 Å².